The third kappa shape index (κ3) is 2.97. The molecule has 2 N–H and O–H groups in total. The molecule has 88 valence electrons. The molecule has 0 radical (unpaired) electrons. The predicted octanol–water partition coefficient (Wildman–Crippen LogP) is 3.57. The Morgan fingerprint density at radius 2 is 2.00 bits per heavy atom. The number of hydrogen-bond acceptors (Lipinski definition) is 3. The van der Waals surface area contributed by atoms with Crippen LogP contribution in [0.5, 0.6) is 5.75 Å². The number of hydrogen-bond donors (Lipinski definition) is 1. The summed E-state index contributed by atoms with van der Waals surface area (Å²) in [5, 5.41) is 0. The Morgan fingerprint density at radius 3 is 2.71 bits per heavy atom. The third-order valence-electron chi connectivity index (χ3n) is 2.42. The lowest BCUT2D eigenvalue weighted by molar-refractivity contribution is 0.227. The molecule has 0 amide bonds. The van der Waals surface area contributed by atoms with Gasteiger partial charge in [0.25, 0.3) is 0 Å². The molecule has 0 aliphatic rings. The fraction of sp³-hybridized carbons (Fsp3) is 0.154. The first-order valence-corrected chi connectivity index (χ1v) is 6.09. The van der Waals surface area contributed by atoms with Crippen molar-refractivity contribution in [3.63, 3.8) is 0 Å². The highest BCUT2D eigenvalue weighted by molar-refractivity contribution is 9.10. The summed E-state index contributed by atoms with van der Waals surface area (Å²) in [4.78, 5) is 4.03. The van der Waals surface area contributed by atoms with Crippen LogP contribution in [-0.2, 0) is 0 Å². The lowest BCUT2D eigenvalue weighted by atomic mass is 10.1. The van der Waals surface area contributed by atoms with Crippen molar-refractivity contribution < 1.29 is 4.74 Å². The van der Waals surface area contributed by atoms with Gasteiger partial charge in [0, 0.05) is 10.7 Å². The van der Waals surface area contributed by atoms with E-state index < -0.39 is 0 Å². The Hall–Kier alpha value is -1.55. The van der Waals surface area contributed by atoms with Gasteiger partial charge in [0.05, 0.1) is 0 Å². The lowest BCUT2D eigenvalue weighted by Crippen LogP contribution is -2.05. The topological polar surface area (TPSA) is 48.1 Å². The Kier molecular flexibility index (Phi) is 3.64. The minimum absolute atomic E-state index is 0.0606. The monoisotopic (exact) mass is 292 g/mol. The van der Waals surface area contributed by atoms with Gasteiger partial charge in [-0.1, -0.05) is 30.3 Å². The van der Waals surface area contributed by atoms with E-state index in [0.29, 0.717) is 11.6 Å². The minimum atomic E-state index is -0.0606. The second kappa shape index (κ2) is 5.19. The van der Waals surface area contributed by atoms with Crippen molar-refractivity contribution in [2.75, 3.05) is 5.73 Å². The van der Waals surface area contributed by atoms with E-state index in [9.17, 15) is 0 Å². The van der Waals surface area contributed by atoms with Crippen LogP contribution in [0.4, 0.5) is 5.82 Å². The highest BCUT2D eigenvalue weighted by Gasteiger charge is 2.09. The van der Waals surface area contributed by atoms with Crippen LogP contribution in [-0.4, -0.2) is 4.98 Å². The van der Waals surface area contributed by atoms with Gasteiger partial charge in [0.2, 0.25) is 0 Å². The number of anilines is 1. The molecular weight excluding hydrogens is 280 g/mol. The zero-order valence-electron chi connectivity index (χ0n) is 9.43. The normalized spacial score (nSPS) is 12.1. The third-order valence-corrected chi connectivity index (χ3v) is 2.85. The first kappa shape index (κ1) is 11.9. The Morgan fingerprint density at radius 1 is 1.29 bits per heavy atom. The molecule has 1 aromatic carbocycles. The summed E-state index contributed by atoms with van der Waals surface area (Å²) in [5.41, 5.74) is 6.86. The van der Waals surface area contributed by atoms with Gasteiger partial charge in [-0.2, -0.15) is 0 Å². The van der Waals surface area contributed by atoms with Crippen LogP contribution in [0.3, 0.4) is 0 Å². The fourth-order valence-electron chi connectivity index (χ4n) is 1.51. The molecule has 0 aliphatic heterocycles. The molecule has 2 rings (SSSR count). The summed E-state index contributed by atoms with van der Waals surface area (Å²) in [5.74, 6) is 0.992. The molecule has 0 unspecified atom stereocenters. The summed E-state index contributed by atoms with van der Waals surface area (Å²) in [6.07, 6.45) is 1.59. The molecule has 4 heteroatoms. The molecule has 17 heavy (non-hydrogen) atoms. The number of aromatic nitrogens is 1. The van der Waals surface area contributed by atoms with E-state index in [2.05, 4.69) is 20.9 Å². The molecule has 0 aliphatic carbocycles. The summed E-state index contributed by atoms with van der Waals surface area (Å²) < 4.78 is 6.64. The average molecular weight is 293 g/mol. The lowest BCUT2D eigenvalue weighted by Gasteiger charge is -2.16. The quantitative estimate of drug-likeness (QED) is 0.941. The van der Waals surface area contributed by atoms with E-state index in [1.54, 1.807) is 6.20 Å². The van der Waals surface area contributed by atoms with Crippen molar-refractivity contribution in [2.24, 2.45) is 0 Å². The molecule has 0 bridgehead atoms. The van der Waals surface area contributed by atoms with Crippen molar-refractivity contribution >= 4 is 21.7 Å². The average Bonchev–Trinajstić information content (AvgIpc) is 2.35. The minimum Gasteiger partial charge on any atom is -0.482 e. The van der Waals surface area contributed by atoms with E-state index >= 15 is 0 Å². The van der Waals surface area contributed by atoms with Gasteiger partial charge >= 0.3 is 0 Å². The second-order valence-corrected chi connectivity index (χ2v) is 4.62. The first-order valence-electron chi connectivity index (χ1n) is 5.29. The predicted molar refractivity (Wildman–Crippen MR) is 71.8 cm³/mol. The van der Waals surface area contributed by atoms with Crippen LogP contribution in [0.25, 0.3) is 0 Å². The zero-order chi connectivity index (χ0) is 12.3. The van der Waals surface area contributed by atoms with Crippen LogP contribution in [0, 0.1) is 0 Å². The van der Waals surface area contributed by atoms with Crippen LogP contribution >= 0.6 is 15.9 Å². The number of ether oxygens (including phenoxy) is 1. The van der Waals surface area contributed by atoms with E-state index in [0.717, 1.165) is 10.0 Å². The molecule has 0 fully saturated rings. The smallest absolute Gasteiger partial charge is 0.166 e. The van der Waals surface area contributed by atoms with Crippen molar-refractivity contribution in [2.45, 2.75) is 13.0 Å². The number of nitrogens with zero attached hydrogens (tertiary/aromatic N) is 1. The molecular formula is C13H13BrN2O. The highest BCUT2D eigenvalue weighted by Crippen LogP contribution is 2.28. The molecule has 2 aromatic rings. The highest BCUT2D eigenvalue weighted by atomic mass is 79.9. The number of benzene rings is 1. The van der Waals surface area contributed by atoms with E-state index in [1.165, 1.54) is 0 Å². The maximum absolute atomic E-state index is 5.79. The fourth-order valence-corrected chi connectivity index (χ4v) is 1.82. The van der Waals surface area contributed by atoms with Crippen molar-refractivity contribution in [1.29, 1.82) is 0 Å². The Bertz CT molecular complexity index is 502. The number of rotatable bonds is 3. The SMILES string of the molecule is C[C@H](Oc1cc(Br)cnc1N)c1ccccc1. The van der Waals surface area contributed by atoms with Gasteiger partial charge in [-0.3, -0.25) is 0 Å². The first-order chi connectivity index (χ1) is 8.16. The van der Waals surface area contributed by atoms with Crippen molar-refractivity contribution in [3.05, 3.63) is 52.6 Å². The molecule has 0 spiro atoms. The second-order valence-electron chi connectivity index (χ2n) is 3.71. The largest absolute Gasteiger partial charge is 0.482 e. The summed E-state index contributed by atoms with van der Waals surface area (Å²) in [7, 11) is 0. The van der Waals surface area contributed by atoms with Crippen molar-refractivity contribution in [1.82, 2.24) is 4.98 Å². The number of pyridine rings is 1. The van der Waals surface area contributed by atoms with E-state index in [-0.39, 0.29) is 6.10 Å². The zero-order valence-corrected chi connectivity index (χ0v) is 11.0. The number of halogens is 1. The van der Waals surface area contributed by atoms with Crippen LogP contribution < -0.4 is 10.5 Å². The van der Waals surface area contributed by atoms with Gasteiger partial charge in [-0.05, 0) is 34.5 Å². The number of nitrogen functional groups attached to an aromatic ring is 1. The van der Waals surface area contributed by atoms with Gasteiger partial charge < -0.3 is 10.5 Å². The van der Waals surface area contributed by atoms with E-state index in [4.69, 9.17) is 10.5 Å². The number of nitrogens with two attached hydrogens (primary N) is 1. The maximum atomic E-state index is 5.79. The van der Waals surface area contributed by atoms with Crippen LogP contribution in [0.15, 0.2) is 47.1 Å². The van der Waals surface area contributed by atoms with Gasteiger partial charge in [-0.25, -0.2) is 4.98 Å². The van der Waals surface area contributed by atoms with Crippen LogP contribution in [0.1, 0.15) is 18.6 Å². The van der Waals surface area contributed by atoms with Gasteiger partial charge in [0.1, 0.15) is 6.10 Å². The molecule has 0 saturated heterocycles. The maximum Gasteiger partial charge on any atom is 0.166 e. The molecule has 1 aromatic heterocycles. The Labute approximate surface area is 109 Å². The molecule has 0 saturated carbocycles. The Balaban J connectivity index is 2.18. The summed E-state index contributed by atoms with van der Waals surface area (Å²) in [6, 6.07) is 11.8. The molecule has 1 atom stereocenters. The summed E-state index contributed by atoms with van der Waals surface area (Å²) in [6.45, 7) is 1.98. The van der Waals surface area contributed by atoms with Gasteiger partial charge in [0.15, 0.2) is 11.6 Å². The molecule has 3 nitrogen and oxygen atoms in total. The van der Waals surface area contributed by atoms with Crippen molar-refractivity contribution in [3.8, 4) is 5.75 Å². The molecule has 1 heterocycles. The van der Waals surface area contributed by atoms with Crippen LogP contribution in [0.2, 0.25) is 0 Å². The van der Waals surface area contributed by atoms with Gasteiger partial charge in [-0.15, -0.1) is 0 Å². The summed E-state index contributed by atoms with van der Waals surface area (Å²) >= 11 is 3.34. The standard InChI is InChI=1S/C13H13BrN2O/c1-9(10-5-3-2-4-6-10)17-12-7-11(14)8-16-13(12)15/h2-9H,1H3,(H2,15,16)/t9-/m0/s1. The van der Waals surface area contributed by atoms with E-state index in [1.807, 2.05) is 43.3 Å².